The smallest absolute Gasteiger partial charge is 0.115 e. The summed E-state index contributed by atoms with van der Waals surface area (Å²) < 4.78 is 13.8. The molecular formula is C38H40O6. The maximum Gasteiger partial charge on any atom is 0.115 e. The molecule has 6 heteroatoms. The zero-order chi connectivity index (χ0) is 30.5. The lowest BCUT2D eigenvalue weighted by atomic mass is 9.71. The minimum absolute atomic E-state index is 0.0126. The van der Waals surface area contributed by atoms with Gasteiger partial charge in [0.25, 0.3) is 0 Å². The molecule has 6 rings (SSSR count). The lowest BCUT2D eigenvalue weighted by molar-refractivity contribution is -0.209. The SMILES string of the molecule is Oc1ccc(C=C[C@@H]2C[C@H](CCc3ccc(O)cc3)O[C@H]3C[C@H](CCc4ccc(O)cc4)O[C@H](c4ccc(O)cc4)[C@@H]23)cc1. The van der Waals surface area contributed by atoms with Crippen LogP contribution in [-0.4, -0.2) is 38.7 Å². The number of phenols is 4. The molecule has 4 aromatic rings. The standard InChI is InChI=1S/C38H40O6/c39-30-13-2-25(3-14-30)1-10-29-23-34(21-8-26-4-15-31(40)16-5-26)43-36-24-35(22-9-27-6-17-32(41)18-7-27)44-38(37(29)36)28-11-19-33(42)20-12-28/h1-7,10-20,29,34-42H,8-9,21-24H2/t29-,34+,35+,36+,37+,38-/m1/s1. The summed E-state index contributed by atoms with van der Waals surface area (Å²) in [5.74, 6) is 1.27. The Morgan fingerprint density at radius 3 is 1.59 bits per heavy atom. The third kappa shape index (κ3) is 7.44. The fraction of sp³-hybridized carbons (Fsp3) is 0.316. The topological polar surface area (TPSA) is 99.4 Å². The fourth-order valence-electron chi connectivity index (χ4n) is 6.72. The summed E-state index contributed by atoms with van der Waals surface area (Å²) in [6.07, 6.45) is 9.29. The zero-order valence-corrected chi connectivity index (χ0v) is 24.7. The molecule has 0 radical (unpaired) electrons. The summed E-state index contributed by atoms with van der Waals surface area (Å²) in [7, 11) is 0. The molecule has 6 atom stereocenters. The monoisotopic (exact) mass is 592 g/mol. The van der Waals surface area contributed by atoms with Crippen molar-refractivity contribution in [3.8, 4) is 23.0 Å². The third-order valence-corrected chi connectivity index (χ3v) is 9.04. The highest BCUT2D eigenvalue weighted by atomic mass is 16.5. The molecule has 44 heavy (non-hydrogen) atoms. The maximum atomic E-state index is 10.0. The molecule has 4 N–H and O–H groups in total. The molecular weight excluding hydrogens is 552 g/mol. The van der Waals surface area contributed by atoms with Gasteiger partial charge < -0.3 is 29.9 Å². The van der Waals surface area contributed by atoms with Crippen molar-refractivity contribution in [2.45, 2.75) is 62.9 Å². The van der Waals surface area contributed by atoms with Gasteiger partial charge in [-0.3, -0.25) is 0 Å². The Morgan fingerprint density at radius 1 is 0.568 bits per heavy atom. The van der Waals surface area contributed by atoms with Gasteiger partial charge in [-0.2, -0.15) is 0 Å². The number of phenolic OH excluding ortho intramolecular Hbond substituents is 4. The Morgan fingerprint density at radius 2 is 1.05 bits per heavy atom. The average molecular weight is 593 g/mol. The lowest BCUT2D eigenvalue weighted by Gasteiger charge is -2.50. The van der Waals surface area contributed by atoms with E-state index in [0.29, 0.717) is 0 Å². The second kappa shape index (κ2) is 13.6. The predicted molar refractivity (Wildman–Crippen MR) is 171 cm³/mol. The number of aryl methyl sites for hydroxylation is 2. The quantitative estimate of drug-likeness (QED) is 0.159. The molecule has 0 aliphatic carbocycles. The van der Waals surface area contributed by atoms with E-state index < -0.39 is 0 Å². The summed E-state index contributed by atoms with van der Waals surface area (Å²) in [6.45, 7) is 0. The van der Waals surface area contributed by atoms with E-state index in [9.17, 15) is 20.4 Å². The van der Waals surface area contributed by atoms with Crippen molar-refractivity contribution < 1.29 is 29.9 Å². The summed E-state index contributed by atoms with van der Waals surface area (Å²) in [5, 5.41) is 39.2. The van der Waals surface area contributed by atoms with Crippen molar-refractivity contribution in [3.05, 3.63) is 125 Å². The first kappa shape index (κ1) is 29.8. The van der Waals surface area contributed by atoms with Crippen LogP contribution in [0.5, 0.6) is 23.0 Å². The Balaban J connectivity index is 1.27. The van der Waals surface area contributed by atoms with E-state index in [1.807, 2.05) is 48.5 Å². The van der Waals surface area contributed by atoms with Gasteiger partial charge in [0.2, 0.25) is 0 Å². The fourth-order valence-corrected chi connectivity index (χ4v) is 6.72. The number of hydrogen-bond acceptors (Lipinski definition) is 6. The third-order valence-electron chi connectivity index (χ3n) is 9.04. The first-order chi connectivity index (χ1) is 21.4. The van der Waals surface area contributed by atoms with Crippen molar-refractivity contribution in [3.63, 3.8) is 0 Å². The molecule has 0 amide bonds. The minimum atomic E-state index is -0.202. The van der Waals surface area contributed by atoms with Crippen LogP contribution in [0.25, 0.3) is 6.08 Å². The lowest BCUT2D eigenvalue weighted by Crippen LogP contribution is -2.50. The highest BCUT2D eigenvalue weighted by molar-refractivity contribution is 5.51. The molecule has 2 heterocycles. The molecule has 0 unspecified atom stereocenters. The van der Waals surface area contributed by atoms with E-state index in [2.05, 4.69) is 12.2 Å². The van der Waals surface area contributed by atoms with Crippen molar-refractivity contribution in [2.24, 2.45) is 11.8 Å². The first-order valence-electron chi connectivity index (χ1n) is 15.5. The summed E-state index contributed by atoms with van der Waals surface area (Å²) in [6, 6.07) is 29.4. The highest BCUT2D eigenvalue weighted by Crippen LogP contribution is 2.48. The van der Waals surface area contributed by atoms with E-state index in [-0.39, 0.29) is 59.2 Å². The van der Waals surface area contributed by atoms with Crippen LogP contribution >= 0.6 is 0 Å². The number of fused-ring (bicyclic) bond motifs is 1. The molecule has 0 bridgehead atoms. The van der Waals surface area contributed by atoms with Crippen LogP contribution in [0.15, 0.2) is 103 Å². The van der Waals surface area contributed by atoms with E-state index in [1.165, 1.54) is 5.56 Å². The number of hydrogen-bond donors (Lipinski definition) is 4. The van der Waals surface area contributed by atoms with Crippen LogP contribution in [0.2, 0.25) is 0 Å². The van der Waals surface area contributed by atoms with Crippen LogP contribution in [0.4, 0.5) is 0 Å². The van der Waals surface area contributed by atoms with Gasteiger partial charge in [0.1, 0.15) is 23.0 Å². The Hall–Kier alpha value is -4.26. The second-order valence-corrected chi connectivity index (χ2v) is 12.1. The Bertz CT molecular complexity index is 1510. The molecule has 0 aromatic heterocycles. The normalized spacial score (nSPS) is 25.1. The van der Waals surface area contributed by atoms with Gasteiger partial charge in [-0.1, -0.05) is 60.7 Å². The Labute approximate surface area is 258 Å². The number of rotatable bonds is 9. The highest BCUT2D eigenvalue weighted by Gasteiger charge is 2.47. The van der Waals surface area contributed by atoms with Crippen LogP contribution < -0.4 is 0 Å². The van der Waals surface area contributed by atoms with Crippen LogP contribution in [0, 0.1) is 11.8 Å². The molecule has 6 nitrogen and oxygen atoms in total. The van der Waals surface area contributed by atoms with E-state index in [4.69, 9.17) is 9.47 Å². The number of aromatic hydroxyl groups is 4. The summed E-state index contributed by atoms with van der Waals surface area (Å²) in [5.41, 5.74) is 4.38. The Kier molecular flexibility index (Phi) is 9.20. The van der Waals surface area contributed by atoms with Gasteiger partial charge in [-0.25, -0.2) is 0 Å². The first-order valence-corrected chi connectivity index (χ1v) is 15.5. The second-order valence-electron chi connectivity index (χ2n) is 12.1. The van der Waals surface area contributed by atoms with Gasteiger partial charge in [0.05, 0.1) is 24.4 Å². The number of allylic oxidation sites excluding steroid dienone is 1. The van der Waals surface area contributed by atoms with Gasteiger partial charge in [0, 0.05) is 12.3 Å². The molecule has 0 saturated carbocycles. The zero-order valence-electron chi connectivity index (χ0n) is 24.7. The van der Waals surface area contributed by atoms with E-state index in [1.54, 1.807) is 48.5 Å². The van der Waals surface area contributed by atoms with Gasteiger partial charge in [-0.15, -0.1) is 0 Å². The van der Waals surface area contributed by atoms with Crippen LogP contribution in [0.3, 0.4) is 0 Å². The van der Waals surface area contributed by atoms with Crippen LogP contribution in [-0.2, 0) is 22.3 Å². The molecule has 2 aliphatic heterocycles. The van der Waals surface area contributed by atoms with Crippen LogP contribution in [0.1, 0.15) is 54.0 Å². The molecule has 0 spiro atoms. The predicted octanol–water partition coefficient (Wildman–Crippen LogP) is 7.71. The largest absolute Gasteiger partial charge is 0.508 e. The van der Waals surface area contributed by atoms with Crippen molar-refractivity contribution in [2.75, 3.05) is 0 Å². The van der Waals surface area contributed by atoms with Crippen molar-refractivity contribution in [1.29, 1.82) is 0 Å². The van der Waals surface area contributed by atoms with Crippen molar-refractivity contribution >= 4 is 6.08 Å². The summed E-state index contributed by atoms with van der Waals surface area (Å²) >= 11 is 0. The van der Waals surface area contributed by atoms with E-state index >= 15 is 0 Å². The molecule has 2 saturated heterocycles. The molecule has 2 aliphatic rings. The maximum absolute atomic E-state index is 10.0. The van der Waals surface area contributed by atoms with Crippen molar-refractivity contribution in [1.82, 2.24) is 0 Å². The van der Waals surface area contributed by atoms with Gasteiger partial charge in [0.15, 0.2) is 0 Å². The number of benzene rings is 4. The minimum Gasteiger partial charge on any atom is -0.508 e. The van der Waals surface area contributed by atoms with E-state index in [0.717, 1.165) is 55.2 Å². The van der Waals surface area contributed by atoms with Gasteiger partial charge >= 0.3 is 0 Å². The average Bonchev–Trinajstić information content (AvgIpc) is 3.04. The van der Waals surface area contributed by atoms with Gasteiger partial charge in [-0.05, 0) is 109 Å². The molecule has 2 fully saturated rings. The summed E-state index contributed by atoms with van der Waals surface area (Å²) in [4.78, 5) is 0. The molecule has 4 aromatic carbocycles. The molecule has 228 valence electrons. The number of ether oxygens (including phenoxy) is 2.